The van der Waals surface area contributed by atoms with Gasteiger partial charge in [0.15, 0.2) is 0 Å². The van der Waals surface area contributed by atoms with Gasteiger partial charge in [0, 0.05) is 11.3 Å². The van der Waals surface area contributed by atoms with Crippen molar-refractivity contribution in [3.8, 4) is 6.07 Å². The Morgan fingerprint density at radius 2 is 1.90 bits per heavy atom. The number of hydrogen-bond donors (Lipinski definition) is 1. The number of sulfonamides is 1. The molecule has 0 radical (unpaired) electrons. The summed E-state index contributed by atoms with van der Waals surface area (Å²) in [7, 11) is -3.40. The SMILES string of the molecule is CS(=O)(=O)Nc1cccc(C=C2c3ccc(F)cc3CCc3nc(C#N)ccc32)c1. The van der Waals surface area contributed by atoms with Crippen molar-refractivity contribution < 1.29 is 12.8 Å². The molecule has 1 heterocycles. The van der Waals surface area contributed by atoms with Crippen LogP contribution < -0.4 is 4.72 Å². The molecule has 0 atom stereocenters. The van der Waals surface area contributed by atoms with E-state index in [4.69, 9.17) is 0 Å². The molecule has 1 N–H and O–H groups in total. The Kier molecular flexibility index (Phi) is 5.10. The molecule has 0 unspecified atom stereocenters. The zero-order valence-corrected chi connectivity index (χ0v) is 17.0. The lowest BCUT2D eigenvalue weighted by molar-refractivity contribution is 0.607. The minimum Gasteiger partial charge on any atom is -0.284 e. The van der Waals surface area contributed by atoms with E-state index in [1.165, 1.54) is 12.1 Å². The molecule has 4 rings (SSSR count). The van der Waals surface area contributed by atoms with Crippen LogP contribution in [0.4, 0.5) is 10.1 Å². The smallest absolute Gasteiger partial charge is 0.229 e. The average Bonchev–Trinajstić information content (AvgIpc) is 2.83. The molecule has 0 saturated heterocycles. The molecule has 0 saturated carbocycles. The highest BCUT2D eigenvalue weighted by Crippen LogP contribution is 2.35. The van der Waals surface area contributed by atoms with Crippen LogP contribution in [0, 0.1) is 17.1 Å². The monoisotopic (exact) mass is 419 g/mol. The number of fused-ring (bicyclic) bond motifs is 2. The van der Waals surface area contributed by atoms with E-state index in [-0.39, 0.29) is 5.82 Å². The van der Waals surface area contributed by atoms with Crippen LogP contribution in [0.5, 0.6) is 0 Å². The number of halogens is 1. The van der Waals surface area contributed by atoms with E-state index >= 15 is 0 Å². The molecule has 1 aromatic heterocycles. The molecule has 1 aliphatic rings. The molecule has 0 bridgehead atoms. The lowest BCUT2D eigenvalue weighted by Gasteiger charge is -2.13. The molecular formula is C23H18FN3O2S. The van der Waals surface area contributed by atoms with Gasteiger partial charge in [-0.05, 0) is 77.6 Å². The van der Waals surface area contributed by atoms with Gasteiger partial charge in [0.25, 0.3) is 0 Å². The first-order chi connectivity index (χ1) is 14.3. The van der Waals surface area contributed by atoms with Crippen molar-refractivity contribution in [3.05, 3.63) is 94.1 Å². The van der Waals surface area contributed by atoms with E-state index < -0.39 is 10.0 Å². The van der Waals surface area contributed by atoms with Gasteiger partial charge in [-0.2, -0.15) is 5.26 Å². The van der Waals surface area contributed by atoms with Gasteiger partial charge in [0.05, 0.1) is 11.9 Å². The Morgan fingerprint density at radius 3 is 2.67 bits per heavy atom. The fraction of sp³-hybridized carbons (Fsp3) is 0.130. The van der Waals surface area contributed by atoms with Crippen molar-refractivity contribution in [2.45, 2.75) is 12.8 Å². The number of rotatable bonds is 3. The van der Waals surface area contributed by atoms with Gasteiger partial charge in [-0.15, -0.1) is 0 Å². The maximum atomic E-state index is 13.9. The molecule has 2 aromatic carbocycles. The number of nitriles is 1. The Hall–Kier alpha value is -3.50. The summed E-state index contributed by atoms with van der Waals surface area (Å²) in [6, 6.07) is 17.3. The number of aromatic nitrogens is 1. The summed E-state index contributed by atoms with van der Waals surface area (Å²) >= 11 is 0. The van der Waals surface area contributed by atoms with Crippen LogP contribution in [0.3, 0.4) is 0 Å². The van der Waals surface area contributed by atoms with Crippen LogP contribution >= 0.6 is 0 Å². The zero-order valence-electron chi connectivity index (χ0n) is 16.2. The summed E-state index contributed by atoms with van der Waals surface area (Å²) in [4.78, 5) is 4.47. The topological polar surface area (TPSA) is 82.8 Å². The van der Waals surface area contributed by atoms with Crippen LogP contribution in [0.1, 0.15) is 33.6 Å². The third kappa shape index (κ3) is 4.24. The van der Waals surface area contributed by atoms with Crippen molar-refractivity contribution in [2.75, 3.05) is 11.0 Å². The van der Waals surface area contributed by atoms with Crippen molar-refractivity contribution in [3.63, 3.8) is 0 Å². The van der Waals surface area contributed by atoms with Crippen molar-refractivity contribution in [1.29, 1.82) is 5.26 Å². The molecule has 150 valence electrons. The molecule has 0 spiro atoms. The van der Waals surface area contributed by atoms with Gasteiger partial charge in [-0.1, -0.05) is 18.2 Å². The standard InChI is InChI=1S/C23H18FN3O2S/c1-30(28,29)27-18-4-2-3-15(11-18)12-22-20-8-6-17(24)13-16(20)5-10-23-21(22)9-7-19(14-25)26-23/h2-4,6-9,11-13,27H,5,10H2,1H3. The van der Waals surface area contributed by atoms with Crippen LogP contribution in [0.2, 0.25) is 0 Å². The van der Waals surface area contributed by atoms with Gasteiger partial charge in [0.1, 0.15) is 17.6 Å². The molecule has 7 heteroatoms. The van der Waals surface area contributed by atoms with E-state index in [1.807, 2.05) is 18.2 Å². The Morgan fingerprint density at radius 1 is 1.10 bits per heavy atom. The fourth-order valence-corrected chi connectivity index (χ4v) is 4.21. The summed E-state index contributed by atoms with van der Waals surface area (Å²) < 4.78 is 39.5. The van der Waals surface area contributed by atoms with E-state index in [9.17, 15) is 18.1 Å². The fourth-order valence-electron chi connectivity index (χ4n) is 3.66. The predicted octanol–water partition coefficient (Wildman–Crippen LogP) is 4.15. The highest BCUT2D eigenvalue weighted by atomic mass is 32.2. The number of anilines is 1. The minimum absolute atomic E-state index is 0.302. The summed E-state index contributed by atoms with van der Waals surface area (Å²) in [5, 5.41) is 9.21. The third-order valence-electron chi connectivity index (χ3n) is 4.87. The van der Waals surface area contributed by atoms with Gasteiger partial charge in [0.2, 0.25) is 10.0 Å². The summed E-state index contributed by atoms with van der Waals surface area (Å²) in [6.45, 7) is 0. The van der Waals surface area contributed by atoms with Gasteiger partial charge < -0.3 is 0 Å². The molecule has 3 aromatic rings. The second-order valence-electron chi connectivity index (χ2n) is 7.16. The highest BCUT2D eigenvalue weighted by Gasteiger charge is 2.20. The third-order valence-corrected chi connectivity index (χ3v) is 5.47. The lowest BCUT2D eigenvalue weighted by Crippen LogP contribution is -2.09. The largest absolute Gasteiger partial charge is 0.284 e. The molecule has 30 heavy (non-hydrogen) atoms. The van der Waals surface area contributed by atoms with Crippen LogP contribution in [0.15, 0.2) is 54.6 Å². The van der Waals surface area contributed by atoms with Crippen LogP contribution in [0.25, 0.3) is 11.6 Å². The Balaban J connectivity index is 1.90. The van der Waals surface area contributed by atoms with E-state index in [2.05, 4.69) is 15.8 Å². The molecule has 1 aliphatic carbocycles. The Bertz CT molecular complexity index is 1320. The zero-order chi connectivity index (χ0) is 21.3. The maximum absolute atomic E-state index is 13.9. The Labute approximate surface area is 174 Å². The minimum atomic E-state index is -3.40. The molecule has 5 nitrogen and oxygen atoms in total. The quantitative estimate of drug-likeness (QED) is 0.691. The van der Waals surface area contributed by atoms with E-state index in [1.54, 1.807) is 30.3 Å². The number of pyridine rings is 1. The summed E-state index contributed by atoms with van der Waals surface area (Å²) in [5.41, 5.74) is 5.84. The average molecular weight is 419 g/mol. The molecule has 0 amide bonds. The van der Waals surface area contributed by atoms with Crippen molar-refractivity contribution in [2.24, 2.45) is 0 Å². The predicted molar refractivity (Wildman–Crippen MR) is 115 cm³/mol. The molecule has 0 fully saturated rings. The summed E-state index contributed by atoms with van der Waals surface area (Å²) in [6.07, 6.45) is 4.23. The first kappa shape index (κ1) is 19.8. The maximum Gasteiger partial charge on any atom is 0.229 e. The number of aryl methyl sites for hydroxylation is 2. The summed E-state index contributed by atoms with van der Waals surface area (Å²) in [5.74, 6) is -0.302. The van der Waals surface area contributed by atoms with Crippen LogP contribution in [-0.2, 0) is 22.9 Å². The number of hydrogen-bond acceptors (Lipinski definition) is 4. The first-order valence-corrected chi connectivity index (χ1v) is 11.2. The van der Waals surface area contributed by atoms with Gasteiger partial charge in [-0.25, -0.2) is 17.8 Å². The van der Waals surface area contributed by atoms with Gasteiger partial charge in [-0.3, -0.25) is 4.72 Å². The van der Waals surface area contributed by atoms with E-state index in [0.29, 0.717) is 24.2 Å². The number of nitrogens with one attached hydrogen (secondary N) is 1. The van der Waals surface area contributed by atoms with E-state index in [0.717, 1.165) is 39.8 Å². The lowest BCUT2D eigenvalue weighted by atomic mass is 9.93. The number of nitrogens with zero attached hydrogens (tertiary/aromatic N) is 2. The second kappa shape index (κ2) is 7.73. The molecular weight excluding hydrogens is 401 g/mol. The second-order valence-corrected chi connectivity index (χ2v) is 8.91. The van der Waals surface area contributed by atoms with Crippen molar-refractivity contribution >= 4 is 27.4 Å². The normalized spacial score (nSPS) is 14.4. The molecule has 0 aliphatic heterocycles. The van der Waals surface area contributed by atoms with Gasteiger partial charge >= 0.3 is 0 Å². The number of benzene rings is 2. The van der Waals surface area contributed by atoms with Crippen molar-refractivity contribution in [1.82, 2.24) is 4.98 Å². The van der Waals surface area contributed by atoms with Crippen LogP contribution in [-0.4, -0.2) is 19.7 Å². The first-order valence-electron chi connectivity index (χ1n) is 9.31. The highest BCUT2D eigenvalue weighted by molar-refractivity contribution is 7.92.